The van der Waals surface area contributed by atoms with Crippen molar-refractivity contribution in [3.63, 3.8) is 0 Å². The number of fused-ring (bicyclic) bond motifs is 3. The van der Waals surface area contributed by atoms with Gasteiger partial charge in [0.05, 0.1) is 23.4 Å². The maximum Gasteiger partial charge on any atom is 0.263 e. The summed E-state index contributed by atoms with van der Waals surface area (Å²) in [6.07, 6.45) is 3.97. The van der Waals surface area contributed by atoms with Crippen molar-refractivity contribution >= 4 is 16.7 Å². The molecule has 39 heavy (non-hydrogen) atoms. The number of piperidine rings is 1. The van der Waals surface area contributed by atoms with Gasteiger partial charge in [-0.2, -0.15) is 0 Å². The molecule has 1 amide bonds. The molecule has 2 aliphatic rings. The lowest BCUT2D eigenvalue weighted by Crippen LogP contribution is -2.45. The Labute approximate surface area is 228 Å². The van der Waals surface area contributed by atoms with E-state index in [2.05, 4.69) is 17.1 Å². The number of amides is 1. The summed E-state index contributed by atoms with van der Waals surface area (Å²) in [4.78, 5) is 30.8. The predicted octanol–water partition coefficient (Wildman–Crippen LogP) is 5.36. The van der Waals surface area contributed by atoms with Crippen molar-refractivity contribution in [1.29, 1.82) is 0 Å². The number of nitrogens with zero attached hydrogens (tertiary/aromatic N) is 2. The molecule has 200 valence electrons. The zero-order valence-corrected chi connectivity index (χ0v) is 22.3. The largest absolute Gasteiger partial charge is 0.393 e. The fraction of sp³-hybridized carbons (Fsp3) is 0.333. The first-order valence-corrected chi connectivity index (χ1v) is 14.1. The Morgan fingerprint density at radius 1 is 0.897 bits per heavy atom. The Balaban J connectivity index is 1.54. The number of para-hydroxylation sites is 1. The second-order valence-corrected chi connectivity index (χ2v) is 10.9. The van der Waals surface area contributed by atoms with Crippen LogP contribution in [0.3, 0.4) is 0 Å². The lowest BCUT2D eigenvalue weighted by Gasteiger charge is -2.38. The first kappa shape index (κ1) is 25.5. The van der Waals surface area contributed by atoms with Gasteiger partial charge in [-0.1, -0.05) is 73.7 Å². The fourth-order valence-corrected chi connectivity index (χ4v) is 6.66. The zero-order chi connectivity index (χ0) is 26.9. The molecule has 0 saturated carbocycles. The summed E-state index contributed by atoms with van der Waals surface area (Å²) in [5.74, 6) is -0.175. The molecule has 6 heteroatoms. The Hall–Kier alpha value is -3.74. The van der Waals surface area contributed by atoms with E-state index in [9.17, 15) is 14.7 Å². The summed E-state index contributed by atoms with van der Waals surface area (Å²) in [7, 11) is 0. The normalized spacial score (nSPS) is 21.6. The summed E-state index contributed by atoms with van der Waals surface area (Å²) in [5, 5.41) is 14.9. The number of pyridine rings is 1. The monoisotopic (exact) mass is 521 g/mol. The van der Waals surface area contributed by atoms with E-state index in [1.54, 1.807) is 4.57 Å². The Kier molecular flexibility index (Phi) is 7.07. The van der Waals surface area contributed by atoms with Crippen molar-refractivity contribution in [2.24, 2.45) is 0 Å². The number of aromatic nitrogens is 1. The van der Waals surface area contributed by atoms with Crippen LogP contribution < -0.4 is 10.9 Å². The van der Waals surface area contributed by atoms with Gasteiger partial charge in [0.1, 0.15) is 0 Å². The molecule has 2 bridgehead atoms. The average Bonchev–Trinajstić information content (AvgIpc) is 3.20. The smallest absolute Gasteiger partial charge is 0.263 e. The molecule has 0 unspecified atom stereocenters. The van der Waals surface area contributed by atoms with E-state index in [0.29, 0.717) is 28.6 Å². The first-order valence-electron chi connectivity index (χ1n) is 14.1. The number of carbonyl (C=O) groups excluding carboxylic acids is 1. The van der Waals surface area contributed by atoms with Crippen molar-refractivity contribution in [3.05, 3.63) is 112 Å². The molecule has 2 N–H and O–H groups in total. The molecule has 3 aromatic carbocycles. The molecule has 2 saturated heterocycles. The second kappa shape index (κ2) is 10.8. The SMILES string of the molecule is CC[C@H](NC(=O)c1c(CN2[C@@H]3CC[C@H]2C[C@H](O)C3)n(-c2ccccc2)c(=O)c2ccccc12)c1ccccc1. The van der Waals surface area contributed by atoms with Crippen LogP contribution in [0, 0.1) is 0 Å². The van der Waals surface area contributed by atoms with Crippen LogP contribution in [-0.2, 0) is 6.54 Å². The quantitative estimate of drug-likeness (QED) is 0.343. The van der Waals surface area contributed by atoms with Gasteiger partial charge in [0.2, 0.25) is 0 Å². The Bertz CT molecular complexity index is 1520. The molecular weight excluding hydrogens is 486 g/mol. The minimum atomic E-state index is -0.286. The molecule has 1 aromatic heterocycles. The Morgan fingerprint density at radius 3 is 2.13 bits per heavy atom. The van der Waals surface area contributed by atoms with Crippen molar-refractivity contribution in [2.45, 2.75) is 69.8 Å². The zero-order valence-electron chi connectivity index (χ0n) is 22.3. The highest BCUT2D eigenvalue weighted by atomic mass is 16.3. The van der Waals surface area contributed by atoms with E-state index in [1.807, 2.05) is 84.9 Å². The van der Waals surface area contributed by atoms with E-state index in [4.69, 9.17) is 0 Å². The number of nitrogens with one attached hydrogen (secondary N) is 1. The van der Waals surface area contributed by atoms with E-state index >= 15 is 0 Å². The van der Waals surface area contributed by atoms with Crippen LogP contribution >= 0.6 is 0 Å². The summed E-state index contributed by atoms with van der Waals surface area (Å²) < 4.78 is 1.74. The highest BCUT2D eigenvalue weighted by Crippen LogP contribution is 2.38. The van der Waals surface area contributed by atoms with Gasteiger partial charge < -0.3 is 10.4 Å². The van der Waals surface area contributed by atoms with Crippen molar-refractivity contribution in [1.82, 2.24) is 14.8 Å². The van der Waals surface area contributed by atoms with Gasteiger partial charge in [-0.05, 0) is 55.9 Å². The van der Waals surface area contributed by atoms with Gasteiger partial charge in [-0.15, -0.1) is 0 Å². The third-order valence-electron chi connectivity index (χ3n) is 8.54. The van der Waals surface area contributed by atoms with Crippen LogP contribution in [0.15, 0.2) is 89.7 Å². The third-order valence-corrected chi connectivity index (χ3v) is 8.54. The van der Waals surface area contributed by atoms with Crippen LogP contribution in [-0.4, -0.2) is 38.7 Å². The van der Waals surface area contributed by atoms with Crippen molar-refractivity contribution in [3.8, 4) is 5.69 Å². The molecular formula is C33H35N3O3. The number of aliphatic hydroxyl groups excluding tert-OH is 1. The van der Waals surface area contributed by atoms with Crippen LogP contribution in [0.2, 0.25) is 0 Å². The van der Waals surface area contributed by atoms with Gasteiger partial charge in [-0.25, -0.2) is 0 Å². The van der Waals surface area contributed by atoms with E-state index < -0.39 is 0 Å². The number of benzene rings is 3. The second-order valence-electron chi connectivity index (χ2n) is 10.9. The predicted molar refractivity (Wildman–Crippen MR) is 154 cm³/mol. The number of rotatable bonds is 7. The Morgan fingerprint density at radius 2 is 1.49 bits per heavy atom. The standard InChI is InChI=1S/C33H35N3O3/c1-2-29(22-11-5-3-6-12-22)34-32(38)31-27-15-9-10-16-28(27)33(39)36(23-13-7-4-8-14-23)30(31)21-35-24-17-18-25(35)20-26(37)19-24/h3-16,24-26,29,37H,2,17-21H2,1H3,(H,34,38)/t24-,25+,26-,29-/m0/s1. The average molecular weight is 522 g/mol. The lowest BCUT2D eigenvalue weighted by molar-refractivity contribution is 0.0298. The number of carbonyl (C=O) groups is 1. The minimum Gasteiger partial charge on any atom is -0.393 e. The summed E-state index contributed by atoms with van der Waals surface area (Å²) in [6, 6.07) is 27.4. The van der Waals surface area contributed by atoms with Crippen LogP contribution in [0.1, 0.15) is 66.7 Å². The molecule has 2 aliphatic heterocycles. The molecule has 4 atom stereocenters. The van der Waals surface area contributed by atoms with Gasteiger partial charge in [0, 0.05) is 35.1 Å². The molecule has 2 fully saturated rings. The minimum absolute atomic E-state index is 0.122. The summed E-state index contributed by atoms with van der Waals surface area (Å²) >= 11 is 0. The van der Waals surface area contributed by atoms with E-state index in [-0.39, 0.29) is 35.7 Å². The fourth-order valence-electron chi connectivity index (χ4n) is 6.66. The summed E-state index contributed by atoms with van der Waals surface area (Å²) in [5.41, 5.74) is 2.94. The van der Waals surface area contributed by atoms with Crippen LogP contribution in [0.5, 0.6) is 0 Å². The molecule has 0 aliphatic carbocycles. The molecule has 0 radical (unpaired) electrons. The van der Waals surface area contributed by atoms with Crippen LogP contribution in [0.4, 0.5) is 0 Å². The lowest BCUT2D eigenvalue weighted by atomic mass is 9.97. The first-order chi connectivity index (χ1) is 19.0. The molecule has 4 aromatic rings. The van der Waals surface area contributed by atoms with Gasteiger partial charge >= 0.3 is 0 Å². The number of aliphatic hydroxyl groups is 1. The molecule has 0 spiro atoms. The molecule has 6 nitrogen and oxygen atoms in total. The molecule has 6 rings (SSSR count). The van der Waals surface area contributed by atoms with Crippen molar-refractivity contribution in [2.75, 3.05) is 0 Å². The molecule has 3 heterocycles. The maximum atomic E-state index is 14.3. The highest BCUT2D eigenvalue weighted by Gasteiger charge is 2.41. The highest BCUT2D eigenvalue weighted by molar-refractivity contribution is 6.08. The maximum absolute atomic E-state index is 14.3. The third kappa shape index (κ3) is 4.79. The van der Waals surface area contributed by atoms with Gasteiger partial charge in [0.15, 0.2) is 0 Å². The van der Waals surface area contributed by atoms with E-state index in [1.165, 1.54) is 0 Å². The topological polar surface area (TPSA) is 74.6 Å². The van der Waals surface area contributed by atoms with E-state index in [0.717, 1.165) is 43.4 Å². The van der Waals surface area contributed by atoms with Crippen molar-refractivity contribution < 1.29 is 9.90 Å². The van der Waals surface area contributed by atoms with Gasteiger partial charge in [-0.3, -0.25) is 19.1 Å². The summed E-state index contributed by atoms with van der Waals surface area (Å²) in [6.45, 7) is 2.54. The van der Waals surface area contributed by atoms with Crippen LogP contribution in [0.25, 0.3) is 16.5 Å². The number of hydrogen-bond donors (Lipinski definition) is 2. The number of hydrogen-bond acceptors (Lipinski definition) is 4. The van der Waals surface area contributed by atoms with Gasteiger partial charge in [0.25, 0.3) is 11.5 Å².